The number of hydrogen-bond acceptors (Lipinski definition) is 2. The van der Waals surface area contributed by atoms with Gasteiger partial charge in [0, 0.05) is 10.5 Å². The van der Waals surface area contributed by atoms with Gasteiger partial charge in [0.25, 0.3) is 0 Å². The van der Waals surface area contributed by atoms with Crippen LogP contribution < -0.4 is 11.1 Å². The number of halogens is 1. The fraction of sp³-hybridized carbons (Fsp3) is 0.429. The van der Waals surface area contributed by atoms with Crippen LogP contribution in [0.25, 0.3) is 11.1 Å². The molecule has 0 aliphatic heterocycles. The molecule has 3 N–H and O–H groups in total. The normalized spacial score (nSPS) is 19.8. The summed E-state index contributed by atoms with van der Waals surface area (Å²) in [7, 11) is 0. The molecule has 2 atom stereocenters. The van der Waals surface area contributed by atoms with Gasteiger partial charge in [-0.3, -0.25) is 0 Å². The zero-order valence-electron chi connectivity index (χ0n) is 14.6. The number of unbranched alkanes of at least 4 members (excludes halogenated alkanes) is 1. The van der Waals surface area contributed by atoms with E-state index in [0.29, 0.717) is 0 Å². The standard InChI is InChI=1S/C21H27BrN2/c1-3-5-13-24-21(20(23)8-4-2)18-10-7-6-9-16(18)17-12-11-15(22)14-19(17)21/h6-7,9-12,14,20,24H,3-5,8,13,23H2,1-2H3. The largest absolute Gasteiger partial charge is 0.326 e. The molecule has 3 rings (SSSR count). The molecule has 1 aliphatic rings. The molecule has 0 aromatic heterocycles. The van der Waals surface area contributed by atoms with Gasteiger partial charge in [-0.05, 0) is 53.8 Å². The Hall–Kier alpha value is -1.16. The molecule has 24 heavy (non-hydrogen) atoms. The van der Waals surface area contributed by atoms with Crippen LogP contribution in [0.5, 0.6) is 0 Å². The van der Waals surface area contributed by atoms with E-state index in [1.165, 1.54) is 28.7 Å². The molecule has 0 bridgehead atoms. The molecule has 2 aromatic rings. The van der Waals surface area contributed by atoms with E-state index in [2.05, 4.69) is 77.6 Å². The Morgan fingerprint density at radius 3 is 2.54 bits per heavy atom. The summed E-state index contributed by atoms with van der Waals surface area (Å²) >= 11 is 3.66. The summed E-state index contributed by atoms with van der Waals surface area (Å²) in [5.41, 5.74) is 11.8. The Morgan fingerprint density at radius 1 is 1.04 bits per heavy atom. The molecule has 3 heteroatoms. The lowest BCUT2D eigenvalue weighted by molar-refractivity contribution is 0.317. The van der Waals surface area contributed by atoms with Gasteiger partial charge in [-0.25, -0.2) is 0 Å². The first kappa shape index (κ1) is 17.7. The van der Waals surface area contributed by atoms with Gasteiger partial charge in [0.05, 0.1) is 5.54 Å². The van der Waals surface area contributed by atoms with Gasteiger partial charge >= 0.3 is 0 Å². The van der Waals surface area contributed by atoms with Gasteiger partial charge in [0.1, 0.15) is 0 Å². The van der Waals surface area contributed by atoms with Crippen LogP contribution in [0.4, 0.5) is 0 Å². The number of nitrogens with one attached hydrogen (secondary N) is 1. The SMILES string of the molecule is CCCCNC1(C(N)CCC)c2ccccc2-c2ccc(Br)cc21. The maximum absolute atomic E-state index is 6.81. The fourth-order valence-electron chi connectivity index (χ4n) is 4.00. The maximum Gasteiger partial charge on any atom is 0.0856 e. The van der Waals surface area contributed by atoms with E-state index in [1.54, 1.807) is 0 Å². The first-order valence-corrected chi connectivity index (χ1v) is 9.85. The van der Waals surface area contributed by atoms with E-state index >= 15 is 0 Å². The van der Waals surface area contributed by atoms with Gasteiger partial charge in [-0.15, -0.1) is 0 Å². The molecule has 0 fully saturated rings. The highest BCUT2D eigenvalue weighted by Crippen LogP contribution is 2.50. The van der Waals surface area contributed by atoms with Gasteiger partial charge in [0.2, 0.25) is 0 Å². The van der Waals surface area contributed by atoms with Crippen molar-refractivity contribution in [2.75, 3.05) is 6.54 Å². The van der Waals surface area contributed by atoms with Gasteiger partial charge in [0.15, 0.2) is 0 Å². The van der Waals surface area contributed by atoms with E-state index in [-0.39, 0.29) is 11.6 Å². The van der Waals surface area contributed by atoms with Crippen molar-refractivity contribution in [1.29, 1.82) is 0 Å². The molecule has 0 radical (unpaired) electrons. The van der Waals surface area contributed by atoms with Crippen LogP contribution in [0.1, 0.15) is 50.7 Å². The Morgan fingerprint density at radius 2 is 1.79 bits per heavy atom. The van der Waals surface area contributed by atoms with E-state index in [9.17, 15) is 0 Å². The molecule has 2 aromatic carbocycles. The Bertz CT molecular complexity index is 713. The lowest BCUT2D eigenvalue weighted by atomic mass is 9.79. The monoisotopic (exact) mass is 386 g/mol. The highest BCUT2D eigenvalue weighted by molar-refractivity contribution is 9.10. The number of nitrogens with two attached hydrogens (primary N) is 1. The molecule has 2 nitrogen and oxygen atoms in total. The molecule has 0 spiro atoms. The summed E-state index contributed by atoms with van der Waals surface area (Å²) < 4.78 is 1.11. The summed E-state index contributed by atoms with van der Waals surface area (Å²) in [6, 6.07) is 15.4. The second-order valence-electron chi connectivity index (χ2n) is 6.72. The van der Waals surface area contributed by atoms with E-state index < -0.39 is 0 Å². The molecule has 0 amide bonds. The Kier molecular flexibility index (Phi) is 5.43. The van der Waals surface area contributed by atoms with Crippen LogP contribution in [-0.4, -0.2) is 12.6 Å². The van der Waals surface area contributed by atoms with Crippen LogP contribution in [-0.2, 0) is 5.54 Å². The third-order valence-corrected chi connectivity index (χ3v) is 5.63. The highest BCUT2D eigenvalue weighted by atomic mass is 79.9. The first-order valence-electron chi connectivity index (χ1n) is 9.05. The minimum absolute atomic E-state index is 0.0519. The van der Waals surface area contributed by atoms with Crippen LogP contribution >= 0.6 is 15.9 Å². The Balaban J connectivity index is 2.20. The minimum atomic E-state index is -0.291. The second-order valence-corrected chi connectivity index (χ2v) is 7.63. The van der Waals surface area contributed by atoms with Crippen LogP contribution in [0.15, 0.2) is 46.9 Å². The summed E-state index contributed by atoms with van der Waals surface area (Å²) in [6.45, 7) is 5.42. The quantitative estimate of drug-likeness (QED) is 0.642. The van der Waals surface area contributed by atoms with Crippen molar-refractivity contribution < 1.29 is 0 Å². The van der Waals surface area contributed by atoms with Crippen molar-refractivity contribution in [3.63, 3.8) is 0 Å². The average Bonchev–Trinajstić information content (AvgIpc) is 2.86. The predicted octanol–water partition coefficient (Wildman–Crippen LogP) is 5.19. The summed E-state index contributed by atoms with van der Waals surface area (Å²) in [5.74, 6) is 0. The molecule has 2 unspecified atom stereocenters. The van der Waals surface area contributed by atoms with Crippen molar-refractivity contribution in [1.82, 2.24) is 5.32 Å². The van der Waals surface area contributed by atoms with Crippen molar-refractivity contribution in [3.8, 4) is 11.1 Å². The lowest BCUT2D eigenvalue weighted by Gasteiger charge is -2.39. The van der Waals surface area contributed by atoms with Crippen LogP contribution in [0.2, 0.25) is 0 Å². The van der Waals surface area contributed by atoms with Crippen molar-refractivity contribution >= 4 is 15.9 Å². The minimum Gasteiger partial charge on any atom is -0.326 e. The molecule has 0 heterocycles. The second kappa shape index (κ2) is 7.38. The predicted molar refractivity (Wildman–Crippen MR) is 106 cm³/mol. The van der Waals surface area contributed by atoms with Crippen molar-refractivity contribution in [2.24, 2.45) is 5.73 Å². The number of hydrogen-bond donors (Lipinski definition) is 2. The number of fused-ring (bicyclic) bond motifs is 3. The summed E-state index contributed by atoms with van der Waals surface area (Å²) in [6.07, 6.45) is 4.43. The average molecular weight is 387 g/mol. The molecule has 1 aliphatic carbocycles. The zero-order chi connectivity index (χ0) is 17.2. The van der Waals surface area contributed by atoms with Crippen molar-refractivity contribution in [2.45, 2.75) is 51.1 Å². The van der Waals surface area contributed by atoms with Gasteiger partial charge < -0.3 is 11.1 Å². The maximum atomic E-state index is 6.81. The molecule has 128 valence electrons. The van der Waals surface area contributed by atoms with E-state index in [4.69, 9.17) is 5.73 Å². The third kappa shape index (κ3) is 2.83. The topological polar surface area (TPSA) is 38.0 Å². The summed E-state index contributed by atoms with van der Waals surface area (Å²) in [5, 5.41) is 3.87. The molecule has 0 saturated carbocycles. The Labute approximate surface area is 154 Å². The van der Waals surface area contributed by atoms with Crippen molar-refractivity contribution in [3.05, 3.63) is 58.1 Å². The van der Waals surface area contributed by atoms with Gasteiger partial charge in [-0.1, -0.05) is 73.0 Å². The van der Waals surface area contributed by atoms with Crippen LogP contribution in [0, 0.1) is 0 Å². The summed E-state index contributed by atoms with van der Waals surface area (Å²) in [4.78, 5) is 0. The first-order chi connectivity index (χ1) is 11.6. The van der Waals surface area contributed by atoms with Crippen LogP contribution in [0.3, 0.4) is 0 Å². The smallest absolute Gasteiger partial charge is 0.0856 e. The fourth-order valence-corrected chi connectivity index (χ4v) is 4.36. The van der Waals surface area contributed by atoms with E-state index in [1.807, 2.05) is 0 Å². The van der Waals surface area contributed by atoms with Gasteiger partial charge in [-0.2, -0.15) is 0 Å². The molecule has 0 saturated heterocycles. The third-order valence-electron chi connectivity index (χ3n) is 5.14. The lowest BCUT2D eigenvalue weighted by Crippen LogP contribution is -2.55. The highest BCUT2D eigenvalue weighted by Gasteiger charge is 2.46. The number of rotatable bonds is 7. The molecular formula is C21H27BrN2. The van der Waals surface area contributed by atoms with E-state index in [0.717, 1.165) is 30.3 Å². The number of benzene rings is 2. The molecular weight excluding hydrogens is 360 g/mol. The zero-order valence-corrected chi connectivity index (χ0v) is 16.2.